The van der Waals surface area contributed by atoms with E-state index in [1.807, 2.05) is 6.92 Å². The number of nitrogens with two attached hydrogens (primary N) is 1. The molecule has 1 amide bonds. The van der Waals surface area contributed by atoms with Crippen LogP contribution in [0.15, 0.2) is 18.2 Å². The number of rotatable bonds is 4. The van der Waals surface area contributed by atoms with Crippen LogP contribution in [0.3, 0.4) is 0 Å². The molecule has 0 aliphatic rings. The molecule has 1 rings (SSSR count). The van der Waals surface area contributed by atoms with Crippen LogP contribution >= 0.6 is 0 Å². The maximum atomic E-state index is 11.8. The van der Waals surface area contributed by atoms with Gasteiger partial charge in [-0.3, -0.25) is 4.79 Å². The molecule has 1 aromatic rings. The van der Waals surface area contributed by atoms with Gasteiger partial charge in [0.15, 0.2) is 6.10 Å². The Morgan fingerprint density at radius 3 is 2.67 bits per heavy atom. The van der Waals surface area contributed by atoms with E-state index >= 15 is 0 Å². The van der Waals surface area contributed by atoms with Gasteiger partial charge in [-0.15, -0.1) is 0 Å². The van der Waals surface area contributed by atoms with Crippen LogP contribution in [0, 0.1) is 6.92 Å². The first kappa shape index (κ1) is 14.0. The summed E-state index contributed by atoms with van der Waals surface area (Å²) in [6.45, 7) is 5.67. The van der Waals surface area contributed by atoms with E-state index in [4.69, 9.17) is 10.5 Å². The van der Waals surface area contributed by atoms with Gasteiger partial charge in [0.25, 0.3) is 5.91 Å². The number of nitrogens with one attached hydrogen (secondary N) is 1. The van der Waals surface area contributed by atoms with E-state index in [2.05, 4.69) is 5.32 Å². The molecule has 5 heteroatoms. The molecular formula is C13H18N2O3. The van der Waals surface area contributed by atoms with Crippen LogP contribution in [0.1, 0.15) is 29.8 Å². The first-order chi connectivity index (χ1) is 8.45. The summed E-state index contributed by atoms with van der Waals surface area (Å²) in [6, 6.07) is 4.91. The lowest BCUT2D eigenvalue weighted by molar-refractivity contribution is -0.128. The van der Waals surface area contributed by atoms with Crippen molar-refractivity contribution in [2.45, 2.75) is 26.9 Å². The maximum absolute atomic E-state index is 11.8. The lowest BCUT2D eigenvalue weighted by atomic mass is 10.1. The van der Waals surface area contributed by atoms with Crippen LogP contribution in [-0.4, -0.2) is 24.5 Å². The van der Waals surface area contributed by atoms with Crippen molar-refractivity contribution in [2.24, 2.45) is 0 Å². The molecule has 0 fully saturated rings. The molecule has 0 saturated heterocycles. The highest BCUT2D eigenvalue weighted by molar-refractivity contribution is 5.93. The van der Waals surface area contributed by atoms with Crippen molar-refractivity contribution >= 4 is 17.6 Å². The van der Waals surface area contributed by atoms with E-state index in [9.17, 15) is 9.59 Å². The number of aryl methyl sites for hydroxylation is 1. The fourth-order valence-corrected chi connectivity index (χ4v) is 1.37. The second kappa shape index (κ2) is 6.05. The Morgan fingerprint density at radius 1 is 1.44 bits per heavy atom. The molecule has 0 aromatic heterocycles. The van der Waals surface area contributed by atoms with E-state index in [1.165, 1.54) is 6.92 Å². The zero-order chi connectivity index (χ0) is 13.7. The minimum atomic E-state index is -0.819. The normalized spacial score (nSPS) is 11.7. The van der Waals surface area contributed by atoms with E-state index in [0.29, 0.717) is 17.8 Å². The van der Waals surface area contributed by atoms with Crippen LogP contribution < -0.4 is 11.1 Å². The van der Waals surface area contributed by atoms with Crippen LogP contribution in [-0.2, 0) is 9.53 Å². The van der Waals surface area contributed by atoms with Crippen molar-refractivity contribution in [3.8, 4) is 0 Å². The minimum Gasteiger partial charge on any atom is -0.449 e. The summed E-state index contributed by atoms with van der Waals surface area (Å²) < 4.78 is 5.04. The SMILES string of the molecule is CCNC(=O)C(C)OC(=O)c1ccc(C)c(N)c1. The Morgan fingerprint density at radius 2 is 2.11 bits per heavy atom. The van der Waals surface area contributed by atoms with Crippen molar-refractivity contribution in [3.63, 3.8) is 0 Å². The number of benzene rings is 1. The van der Waals surface area contributed by atoms with E-state index < -0.39 is 12.1 Å². The highest BCUT2D eigenvalue weighted by Crippen LogP contribution is 2.14. The number of anilines is 1. The van der Waals surface area contributed by atoms with Crippen LogP contribution in [0.4, 0.5) is 5.69 Å². The number of esters is 1. The molecule has 0 bridgehead atoms. The smallest absolute Gasteiger partial charge is 0.338 e. The summed E-state index contributed by atoms with van der Waals surface area (Å²) in [5, 5.41) is 2.58. The largest absolute Gasteiger partial charge is 0.449 e. The zero-order valence-corrected chi connectivity index (χ0v) is 10.8. The summed E-state index contributed by atoms with van der Waals surface area (Å²) in [5.74, 6) is -0.869. The van der Waals surface area contributed by atoms with Crippen LogP contribution in [0.5, 0.6) is 0 Å². The Kier molecular flexibility index (Phi) is 4.71. The van der Waals surface area contributed by atoms with Gasteiger partial charge in [-0.1, -0.05) is 6.07 Å². The maximum Gasteiger partial charge on any atom is 0.338 e. The third kappa shape index (κ3) is 3.48. The van der Waals surface area contributed by atoms with E-state index in [1.54, 1.807) is 25.1 Å². The van der Waals surface area contributed by atoms with Crippen molar-refractivity contribution < 1.29 is 14.3 Å². The monoisotopic (exact) mass is 250 g/mol. The molecule has 0 aliphatic carbocycles. The minimum absolute atomic E-state index is 0.314. The van der Waals surface area contributed by atoms with Crippen LogP contribution in [0.2, 0.25) is 0 Å². The Balaban J connectivity index is 2.70. The van der Waals surface area contributed by atoms with Gasteiger partial charge in [-0.2, -0.15) is 0 Å². The van der Waals surface area contributed by atoms with Gasteiger partial charge in [-0.05, 0) is 38.5 Å². The molecule has 0 radical (unpaired) electrons. The molecular weight excluding hydrogens is 232 g/mol. The van der Waals surface area contributed by atoms with Gasteiger partial charge in [0.2, 0.25) is 0 Å². The molecule has 0 heterocycles. The van der Waals surface area contributed by atoms with Gasteiger partial charge in [0, 0.05) is 12.2 Å². The quantitative estimate of drug-likeness (QED) is 0.622. The van der Waals surface area contributed by atoms with Gasteiger partial charge < -0.3 is 15.8 Å². The lowest BCUT2D eigenvalue weighted by Crippen LogP contribution is -2.35. The molecule has 5 nitrogen and oxygen atoms in total. The second-order valence-electron chi connectivity index (χ2n) is 4.01. The molecule has 1 unspecified atom stereocenters. The van der Waals surface area contributed by atoms with E-state index in [0.717, 1.165) is 5.56 Å². The average Bonchev–Trinajstić information content (AvgIpc) is 2.32. The predicted molar refractivity (Wildman–Crippen MR) is 69.2 cm³/mol. The summed E-state index contributed by atoms with van der Waals surface area (Å²) in [6.07, 6.45) is -0.819. The number of likely N-dealkylation sites (N-methyl/N-ethyl adjacent to an activating group) is 1. The molecule has 1 atom stereocenters. The molecule has 0 aliphatic heterocycles. The van der Waals surface area contributed by atoms with Crippen molar-refractivity contribution in [2.75, 3.05) is 12.3 Å². The Bertz CT molecular complexity index is 458. The topological polar surface area (TPSA) is 81.4 Å². The van der Waals surface area contributed by atoms with Gasteiger partial charge in [0.1, 0.15) is 0 Å². The zero-order valence-electron chi connectivity index (χ0n) is 10.8. The Hall–Kier alpha value is -2.04. The molecule has 0 spiro atoms. The lowest BCUT2D eigenvalue weighted by Gasteiger charge is -2.13. The molecule has 3 N–H and O–H groups in total. The summed E-state index contributed by atoms with van der Waals surface area (Å²) in [7, 11) is 0. The third-order valence-corrected chi connectivity index (χ3v) is 2.52. The standard InChI is InChI=1S/C13H18N2O3/c1-4-15-12(16)9(3)18-13(17)10-6-5-8(2)11(14)7-10/h5-7,9H,4,14H2,1-3H3,(H,15,16). The van der Waals surface area contributed by atoms with Gasteiger partial charge >= 0.3 is 5.97 Å². The number of carbonyl (C=O) groups excluding carboxylic acids is 2. The Labute approximate surface area is 106 Å². The number of nitrogen functional groups attached to an aromatic ring is 1. The molecule has 18 heavy (non-hydrogen) atoms. The van der Waals surface area contributed by atoms with Crippen molar-refractivity contribution in [1.82, 2.24) is 5.32 Å². The summed E-state index contributed by atoms with van der Waals surface area (Å²) >= 11 is 0. The predicted octanol–water partition coefficient (Wildman–Crippen LogP) is 1.26. The summed E-state index contributed by atoms with van der Waals surface area (Å²) in [4.78, 5) is 23.2. The van der Waals surface area contributed by atoms with Crippen LogP contribution in [0.25, 0.3) is 0 Å². The number of carbonyl (C=O) groups is 2. The summed E-state index contributed by atoms with van der Waals surface area (Å²) in [5.41, 5.74) is 7.47. The third-order valence-electron chi connectivity index (χ3n) is 2.52. The van der Waals surface area contributed by atoms with Crippen molar-refractivity contribution in [1.29, 1.82) is 0 Å². The first-order valence-corrected chi connectivity index (χ1v) is 5.80. The average molecular weight is 250 g/mol. The fraction of sp³-hybridized carbons (Fsp3) is 0.385. The number of hydrogen-bond acceptors (Lipinski definition) is 4. The second-order valence-corrected chi connectivity index (χ2v) is 4.01. The first-order valence-electron chi connectivity index (χ1n) is 5.80. The number of ether oxygens (including phenoxy) is 1. The number of hydrogen-bond donors (Lipinski definition) is 2. The fourth-order valence-electron chi connectivity index (χ4n) is 1.37. The highest BCUT2D eigenvalue weighted by Gasteiger charge is 2.18. The molecule has 0 saturated carbocycles. The van der Waals surface area contributed by atoms with E-state index in [-0.39, 0.29) is 5.91 Å². The van der Waals surface area contributed by atoms with Crippen molar-refractivity contribution in [3.05, 3.63) is 29.3 Å². The van der Waals surface area contributed by atoms with Gasteiger partial charge in [0.05, 0.1) is 5.56 Å². The highest BCUT2D eigenvalue weighted by atomic mass is 16.5. The molecule has 1 aromatic carbocycles. The number of amides is 1. The molecule has 98 valence electrons. The van der Waals surface area contributed by atoms with Gasteiger partial charge in [-0.25, -0.2) is 4.79 Å².